The van der Waals surface area contributed by atoms with Gasteiger partial charge in [-0.05, 0) is 40.5 Å². The highest BCUT2D eigenvalue weighted by Crippen LogP contribution is 2.28. The maximum Gasteiger partial charge on any atom is 0.180 e. The van der Waals surface area contributed by atoms with Gasteiger partial charge in [-0.25, -0.2) is 9.97 Å². The smallest absolute Gasteiger partial charge is 0.180 e. The van der Waals surface area contributed by atoms with Crippen molar-refractivity contribution >= 4 is 29.6 Å². The summed E-state index contributed by atoms with van der Waals surface area (Å²) in [5, 5.41) is 3.44. The third-order valence-corrected chi connectivity index (χ3v) is 5.21. The van der Waals surface area contributed by atoms with Crippen LogP contribution in [-0.2, 0) is 13.1 Å². The summed E-state index contributed by atoms with van der Waals surface area (Å²) in [4.78, 5) is 18.0. The molecular weight excluding hydrogens is 348 g/mol. The molecule has 6 heteroatoms. The number of hydrogen-bond acceptors (Lipinski definition) is 5. The summed E-state index contributed by atoms with van der Waals surface area (Å²) < 4.78 is 2.00. The zero-order chi connectivity index (χ0) is 18.5. The zero-order valence-corrected chi connectivity index (χ0v) is 15.0. The lowest BCUT2D eigenvalue weighted by Crippen LogP contribution is -2.01. The SMILES string of the molecule is C1=NCc2ccc(Nc3nc(-c4ccc5c(c4)CN=C5)cn4ccnc34)cc21. The highest BCUT2D eigenvalue weighted by Gasteiger charge is 2.13. The van der Waals surface area contributed by atoms with Gasteiger partial charge in [-0.2, -0.15) is 0 Å². The van der Waals surface area contributed by atoms with E-state index in [1.165, 1.54) is 16.7 Å². The van der Waals surface area contributed by atoms with Gasteiger partial charge in [-0.3, -0.25) is 9.98 Å². The lowest BCUT2D eigenvalue weighted by Gasteiger charge is -2.11. The Morgan fingerprint density at radius 2 is 1.79 bits per heavy atom. The fraction of sp³-hybridized carbons (Fsp3) is 0.0909. The van der Waals surface area contributed by atoms with Crippen molar-refractivity contribution < 1.29 is 0 Å². The maximum atomic E-state index is 4.89. The van der Waals surface area contributed by atoms with Crippen molar-refractivity contribution in [3.05, 3.63) is 77.2 Å². The van der Waals surface area contributed by atoms with Crippen LogP contribution in [0.1, 0.15) is 22.3 Å². The predicted molar refractivity (Wildman–Crippen MR) is 111 cm³/mol. The summed E-state index contributed by atoms with van der Waals surface area (Å²) in [5.41, 5.74) is 8.56. The topological polar surface area (TPSA) is 66.9 Å². The lowest BCUT2D eigenvalue weighted by atomic mass is 10.0. The number of imidazole rings is 1. The van der Waals surface area contributed by atoms with E-state index in [-0.39, 0.29) is 0 Å². The molecule has 0 atom stereocenters. The Morgan fingerprint density at radius 1 is 0.893 bits per heavy atom. The third-order valence-electron chi connectivity index (χ3n) is 5.21. The summed E-state index contributed by atoms with van der Waals surface area (Å²) in [7, 11) is 0. The maximum absolute atomic E-state index is 4.89. The van der Waals surface area contributed by atoms with E-state index >= 15 is 0 Å². The number of nitrogens with zero attached hydrogens (tertiary/aromatic N) is 5. The second-order valence-electron chi connectivity index (χ2n) is 7.02. The van der Waals surface area contributed by atoms with Crippen LogP contribution in [-0.4, -0.2) is 26.8 Å². The molecule has 4 aromatic rings. The Balaban J connectivity index is 1.44. The molecule has 2 aliphatic rings. The molecule has 28 heavy (non-hydrogen) atoms. The molecule has 0 radical (unpaired) electrons. The van der Waals surface area contributed by atoms with Crippen LogP contribution < -0.4 is 5.32 Å². The molecule has 2 aromatic carbocycles. The van der Waals surface area contributed by atoms with E-state index in [0.29, 0.717) is 0 Å². The quantitative estimate of drug-likeness (QED) is 0.597. The number of anilines is 2. The van der Waals surface area contributed by atoms with Crippen LogP contribution in [0.15, 0.2) is 65.0 Å². The average Bonchev–Trinajstić information content (AvgIpc) is 3.46. The Labute approximate surface area is 161 Å². The van der Waals surface area contributed by atoms with E-state index < -0.39 is 0 Å². The van der Waals surface area contributed by atoms with Crippen LogP contribution in [0.3, 0.4) is 0 Å². The molecule has 2 aromatic heterocycles. The minimum atomic E-state index is 0.731. The molecule has 0 bridgehead atoms. The van der Waals surface area contributed by atoms with Crippen molar-refractivity contribution in [2.75, 3.05) is 5.32 Å². The summed E-state index contributed by atoms with van der Waals surface area (Å²) in [5.74, 6) is 0.731. The highest BCUT2D eigenvalue weighted by molar-refractivity contribution is 5.87. The van der Waals surface area contributed by atoms with Crippen LogP contribution in [0, 0.1) is 0 Å². The molecule has 134 valence electrons. The van der Waals surface area contributed by atoms with E-state index in [1.54, 1.807) is 6.20 Å². The van der Waals surface area contributed by atoms with Gasteiger partial charge in [-0.15, -0.1) is 0 Å². The largest absolute Gasteiger partial charge is 0.337 e. The number of aromatic nitrogens is 3. The van der Waals surface area contributed by atoms with Crippen molar-refractivity contribution in [1.82, 2.24) is 14.4 Å². The summed E-state index contributed by atoms with van der Waals surface area (Å²) in [6, 6.07) is 12.6. The Hall–Kier alpha value is -3.80. The van der Waals surface area contributed by atoms with Crippen molar-refractivity contribution in [2.24, 2.45) is 9.98 Å². The van der Waals surface area contributed by atoms with E-state index in [4.69, 9.17) is 4.98 Å². The first-order chi connectivity index (χ1) is 13.8. The number of hydrogen-bond donors (Lipinski definition) is 1. The van der Waals surface area contributed by atoms with Gasteiger partial charge in [0.1, 0.15) is 0 Å². The first-order valence-electron chi connectivity index (χ1n) is 9.20. The van der Waals surface area contributed by atoms with Crippen LogP contribution in [0.25, 0.3) is 16.9 Å². The van der Waals surface area contributed by atoms with Gasteiger partial charge in [0.25, 0.3) is 0 Å². The predicted octanol–water partition coefficient (Wildman–Crippen LogP) is 4.00. The number of benzene rings is 2. The molecule has 0 amide bonds. The number of nitrogens with one attached hydrogen (secondary N) is 1. The van der Waals surface area contributed by atoms with Gasteiger partial charge in [0, 0.05) is 42.3 Å². The van der Waals surface area contributed by atoms with Crippen molar-refractivity contribution in [2.45, 2.75) is 13.1 Å². The summed E-state index contributed by atoms with van der Waals surface area (Å²) in [6.07, 6.45) is 9.59. The molecule has 2 aliphatic heterocycles. The fourth-order valence-electron chi connectivity index (χ4n) is 3.74. The molecule has 4 heterocycles. The Kier molecular flexibility index (Phi) is 3.19. The van der Waals surface area contributed by atoms with Gasteiger partial charge in [0.05, 0.1) is 18.8 Å². The second kappa shape index (κ2) is 5.85. The Morgan fingerprint density at radius 3 is 2.75 bits per heavy atom. The van der Waals surface area contributed by atoms with E-state index in [1.807, 2.05) is 29.2 Å². The van der Waals surface area contributed by atoms with Crippen molar-refractivity contribution in [1.29, 1.82) is 0 Å². The summed E-state index contributed by atoms with van der Waals surface area (Å²) in [6.45, 7) is 1.49. The van der Waals surface area contributed by atoms with Crippen molar-refractivity contribution in [3.63, 3.8) is 0 Å². The molecule has 0 aliphatic carbocycles. The van der Waals surface area contributed by atoms with Crippen LogP contribution in [0.2, 0.25) is 0 Å². The molecule has 0 saturated heterocycles. The molecular formula is C22H16N6. The minimum Gasteiger partial charge on any atom is -0.337 e. The molecule has 6 nitrogen and oxygen atoms in total. The van der Waals surface area contributed by atoms with Gasteiger partial charge in [0.15, 0.2) is 11.5 Å². The van der Waals surface area contributed by atoms with Gasteiger partial charge < -0.3 is 9.72 Å². The van der Waals surface area contributed by atoms with E-state index in [2.05, 4.69) is 56.7 Å². The van der Waals surface area contributed by atoms with Crippen LogP contribution in [0.5, 0.6) is 0 Å². The fourth-order valence-corrected chi connectivity index (χ4v) is 3.74. The number of rotatable bonds is 3. The highest BCUT2D eigenvalue weighted by atomic mass is 15.1. The minimum absolute atomic E-state index is 0.731. The van der Waals surface area contributed by atoms with E-state index in [0.717, 1.165) is 47.1 Å². The first kappa shape index (κ1) is 15.3. The van der Waals surface area contributed by atoms with E-state index in [9.17, 15) is 0 Å². The molecule has 1 N–H and O–H groups in total. The summed E-state index contributed by atoms with van der Waals surface area (Å²) >= 11 is 0. The monoisotopic (exact) mass is 364 g/mol. The van der Waals surface area contributed by atoms with Gasteiger partial charge >= 0.3 is 0 Å². The normalized spacial score (nSPS) is 13.9. The molecule has 0 spiro atoms. The molecule has 0 saturated carbocycles. The molecule has 0 unspecified atom stereocenters. The first-order valence-corrected chi connectivity index (χ1v) is 9.20. The Bertz CT molecular complexity index is 1300. The average molecular weight is 364 g/mol. The number of fused-ring (bicyclic) bond motifs is 3. The lowest BCUT2D eigenvalue weighted by molar-refractivity contribution is 1.10. The van der Waals surface area contributed by atoms with Gasteiger partial charge in [0.2, 0.25) is 0 Å². The zero-order valence-electron chi connectivity index (χ0n) is 15.0. The third kappa shape index (κ3) is 2.42. The van der Waals surface area contributed by atoms with Gasteiger partial charge in [-0.1, -0.05) is 18.2 Å². The number of aliphatic imine (C=N–C) groups is 2. The van der Waals surface area contributed by atoms with Crippen LogP contribution >= 0.6 is 0 Å². The molecule has 6 rings (SSSR count). The van der Waals surface area contributed by atoms with Crippen LogP contribution in [0.4, 0.5) is 11.5 Å². The second-order valence-corrected chi connectivity index (χ2v) is 7.02. The standard InChI is InChI=1S/C22H16N6/c1-2-15-9-23-11-17(15)7-14(1)20-13-28-6-5-25-22(28)21(27-20)26-19-4-3-16-10-24-12-18(16)8-19/h1-9,12-13H,10-11H2,(H,26,27). The molecule has 0 fully saturated rings. The van der Waals surface area contributed by atoms with Crippen molar-refractivity contribution in [3.8, 4) is 11.3 Å².